The van der Waals surface area contributed by atoms with Crippen molar-refractivity contribution in [3.05, 3.63) is 29.3 Å². The summed E-state index contributed by atoms with van der Waals surface area (Å²) in [4.78, 5) is -0.546. The molecule has 1 heterocycles. The van der Waals surface area contributed by atoms with Crippen LogP contribution in [0, 0.1) is 18.6 Å². The molecule has 0 amide bonds. The van der Waals surface area contributed by atoms with Gasteiger partial charge >= 0.3 is 0 Å². The Morgan fingerprint density at radius 2 is 2.00 bits per heavy atom. The number of benzene rings is 1. The summed E-state index contributed by atoms with van der Waals surface area (Å²) in [6.45, 7) is 1.45. The summed E-state index contributed by atoms with van der Waals surface area (Å²) in [5, 5.41) is 9.32. The quantitative estimate of drug-likeness (QED) is 0.878. The summed E-state index contributed by atoms with van der Waals surface area (Å²) in [5.74, 6) is -1.90. The van der Waals surface area contributed by atoms with E-state index in [4.69, 9.17) is 0 Å². The van der Waals surface area contributed by atoms with Gasteiger partial charge in [-0.3, -0.25) is 0 Å². The molecule has 0 radical (unpaired) electrons. The Kier molecular flexibility index (Phi) is 3.39. The van der Waals surface area contributed by atoms with Gasteiger partial charge in [-0.05, 0) is 25.0 Å². The highest BCUT2D eigenvalue weighted by Gasteiger charge is 2.33. The van der Waals surface area contributed by atoms with Crippen molar-refractivity contribution in [3.8, 4) is 0 Å². The average molecular weight is 277 g/mol. The van der Waals surface area contributed by atoms with Crippen molar-refractivity contribution in [1.29, 1.82) is 0 Å². The summed E-state index contributed by atoms with van der Waals surface area (Å²) < 4.78 is 51.9. The molecule has 1 N–H and O–H groups in total. The monoisotopic (exact) mass is 277 g/mol. The summed E-state index contributed by atoms with van der Waals surface area (Å²) in [6.07, 6.45) is -0.412. The zero-order valence-corrected chi connectivity index (χ0v) is 10.5. The van der Waals surface area contributed by atoms with Crippen LogP contribution in [0.15, 0.2) is 17.0 Å². The lowest BCUT2D eigenvalue weighted by Gasteiger charge is -2.16. The minimum atomic E-state index is -4.01. The molecular weight excluding hydrogens is 264 g/mol. The molecule has 0 unspecified atom stereocenters. The van der Waals surface area contributed by atoms with Crippen LogP contribution in [0.5, 0.6) is 0 Å². The van der Waals surface area contributed by atoms with Gasteiger partial charge in [0.25, 0.3) is 0 Å². The van der Waals surface area contributed by atoms with Crippen molar-refractivity contribution in [2.75, 3.05) is 13.1 Å². The van der Waals surface area contributed by atoms with E-state index in [-0.39, 0.29) is 18.7 Å². The van der Waals surface area contributed by atoms with Crippen LogP contribution in [0.1, 0.15) is 12.0 Å². The standard InChI is InChI=1S/C11H13F2NO3S/c1-7-4-11(10(13)5-9(7)12)18(16,17)14-3-2-8(15)6-14/h4-5,8,15H,2-3,6H2,1H3/t8-/m0/s1. The molecule has 18 heavy (non-hydrogen) atoms. The fourth-order valence-corrected chi connectivity index (χ4v) is 3.52. The fourth-order valence-electron chi connectivity index (χ4n) is 1.90. The minimum Gasteiger partial charge on any atom is -0.392 e. The summed E-state index contributed by atoms with van der Waals surface area (Å²) in [6, 6.07) is 1.54. The summed E-state index contributed by atoms with van der Waals surface area (Å²) >= 11 is 0. The molecule has 2 rings (SSSR count). The van der Waals surface area contributed by atoms with Crippen LogP contribution in [0.4, 0.5) is 8.78 Å². The number of hydrogen-bond acceptors (Lipinski definition) is 3. The topological polar surface area (TPSA) is 57.6 Å². The number of sulfonamides is 1. The van der Waals surface area contributed by atoms with E-state index in [1.807, 2.05) is 0 Å². The third kappa shape index (κ3) is 2.25. The van der Waals surface area contributed by atoms with Crippen molar-refractivity contribution < 1.29 is 22.3 Å². The first-order valence-corrected chi connectivity index (χ1v) is 6.90. The Labute approximate surface area is 104 Å². The van der Waals surface area contributed by atoms with Gasteiger partial charge in [0, 0.05) is 19.2 Å². The SMILES string of the molecule is Cc1cc(S(=O)(=O)N2CC[C@H](O)C2)c(F)cc1F. The predicted molar refractivity (Wildman–Crippen MR) is 60.5 cm³/mol. The van der Waals surface area contributed by atoms with Crippen molar-refractivity contribution >= 4 is 10.0 Å². The Balaban J connectivity index is 2.45. The van der Waals surface area contributed by atoms with Crippen LogP contribution in [-0.2, 0) is 10.0 Å². The average Bonchev–Trinajstić information content (AvgIpc) is 2.70. The number of hydrogen-bond donors (Lipinski definition) is 1. The largest absolute Gasteiger partial charge is 0.392 e. The van der Waals surface area contributed by atoms with E-state index in [2.05, 4.69) is 0 Å². The Hall–Kier alpha value is -1.05. The van der Waals surface area contributed by atoms with E-state index in [0.29, 0.717) is 12.5 Å². The van der Waals surface area contributed by atoms with Crippen molar-refractivity contribution in [3.63, 3.8) is 0 Å². The number of β-amino-alcohol motifs (C(OH)–C–C–N with tert-alkyl or cyclic N) is 1. The van der Waals surface area contributed by atoms with Gasteiger partial charge in [-0.25, -0.2) is 17.2 Å². The van der Waals surface area contributed by atoms with E-state index in [0.717, 1.165) is 10.4 Å². The van der Waals surface area contributed by atoms with E-state index in [1.165, 1.54) is 6.92 Å². The maximum absolute atomic E-state index is 13.6. The summed E-state index contributed by atoms with van der Waals surface area (Å²) in [7, 11) is -4.01. The smallest absolute Gasteiger partial charge is 0.246 e. The van der Waals surface area contributed by atoms with E-state index in [9.17, 15) is 22.3 Å². The van der Waals surface area contributed by atoms with Gasteiger partial charge in [-0.15, -0.1) is 0 Å². The lowest BCUT2D eigenvalue weighted by molar-refractivity contribution is 0.189. The molecule has 0 bridgehead atoms. The van der Waals surface area contributed by atoms with E-state index < -0.39 is 32.7 Å². The maximum Gasteiger partial charge on any atom is 0.246 e. The zero-order chi connectivity index (χ0) is 13.5. The number of aliphatic hydroxyl groups excluding tert-OH is 1. The second kappa shape index (κ2) is 4.56. The number of aliphatic hydroxyl groups is 1. The molecule has 0 aliphatic carbocycles. The highest BCUT2D eigenvalue weighted by Crippen LogP contribution is 2.25. The molecule has 1 aromatic rings. The molecular formula is C11H13F2NO3S. The van der Waals surface area contributed by atoms with Crippen molar-refractivity contribution in [2.45, 2.75) is 24.3 Å². The lowest BCUT2D eigenvalue weighted by atomic mass is 10.2. The lowest BCUT2D eigenvalue weighted by Crippen LogP contribution is -2.30. The minimum absolute atomic E-state index is 0.0573. The number of halogens is 2. The Bertz CT molecular complexity index is 574. The molecule has 0 spiro atoms. The first-order valence-electron chi connectivity index (χ1n) is 5.46. The number of rotatable bonds is 2. The molecule has 1 aliphatic rings. The highest BCUT2D eigenvalue weighted by atomic mass is 32.2. The van der Waals surface area contributed by atoms with Crippen LogP contribution in [-0.4, -0.2) is 37.0 Å². The van der Waals surface area contributed by atoms with Gasteiger partial charge < -0.3 is 5.11 Å². The number of aryl methyl sites for hydroxylation is 1. The van der Waals surface area contributed by atoms with E-state index in [1.54, 1.807) is 0 Å². The first-order chi connectivity index (χ1) is 8.32. The first kappa shape index (κ1) is 13.4. The zero-order valence-electron chi connectivity index (χ0n) is 9.73. The molecule has 100 valence electrons. The second-order valence-corrected chi connectivity index (χ2v) is 6.24. The highest BCUT2D eigenvalue weighted by molar-refractivity contribution is 7.89. The second-order valence-electron chi connectivity index (χ2n) is 4.34. The predicted octanol–water partition coefficient (Wildman–Crippen LogP) is 1.03. The Morgan fingerprint density at radius 3 is 2.56 bits per heavy atom. The molecule has 1 aliphatic heterocycles. The molecule has 1 atom stereocenters. The molecule has 1 fully saturated rings. The molecule has 7 heteroatoms. The normalized spacial score (nSPS) is 21.4. The third-order valence-corrected chi connectivity index (χ3v) is 4.84. The molecule has 1 aromatic carbocycles. The molecule has 0 aromatic heterocycles. The van der Waals surface area contributed by atoms with Crippen LogP contribution in [0.3, 0.4) is 0 Å². The van der Waals surface area contributed by atoms with Gasteiger partial charge in [0.15, 0.2) is 0 Å². The van der Waals surface area contributed by atoms with Crippen molar-refractivity contribution in [2.24, 2.45) is 0 Å². The third-order valence-electron chi connectivity index (χ3n) is 2.96. The van der Waals surface area contributed by atoms with Crippen molar-refractivity contribution in [1.82, 2.24) is 4.31 Å². The van der Waals surface area contributed by atoms with Gasteiger partial charge in [-0.2, -0.15) is 4.31 Å². The molecule has 4 nitrogen and oxygen atoms in total. The Morgan fingerprint density at radius 1 is 1.33 bits per heavy atom. The van der Waals surface area contributed by atoms with Crippen LogP contribution in [0.25, 0.3) is 0 Å². The van der Waals surface area contributed by atoms with Gasteiger partial charge in [0.2, 0.25) is 10.0 Å². The summed E-state index contributed by atoms with van der Waals surface area (Å²) in [5.41, 5.74) is 0.0646. The van der Waals surface area contributed by atoms with Crippen LogP contribution in [0.2, 0.25) is 0 Å². The van der Waals surface area contributed by atoms with Gasteiger partial charge in [0.05, 0.1) is 6.10 Å². The maximum atomic E-state index is 13.6. The van der Waals surface area contributed by atoms with Gasteiger partial charge in [0.1, 0.15) is 16.5 Å². The van der Waals surface area contributed by atoms with Crippen LogP contribution < -0.4 is 0 Å². The van der Waals surface area contributed by atoms with Gasteiger partial charge in [-0.1, -0.05) is 0 Å². The molecule has 1 saturated heterocycles. The van der Waals surface area contributed by atoms with E-state index >= 15 is 0 Å². The molecule has 0 saturated carbocycles. The van der Waals surface area contributed by atoms with Crippen LogP contribution >= 0.6 is 0 Å². The fraction of sp³-hybridized carbons (Fsp3) is 0.455. The number of nitrogens with zero attached hydrogens (tertiary/aromatic N) is 1.